The molecule has 1 aliphatic carbocycles. The third-order valence-electron chi connectivity index (χ3n) is 3.56. The Balaban J connectivity index is 2.26. The Morgan fingerprint density at radius 3 is 2.72 bits per heavy atom. The van der Waals surface area contributed by atoms with Gasteiger partial charge >= 0.3 is 0 Å². The highest BCUT2D eigenvalue weighted by Gasteiger charge is 2.21. The van der Waals surface area contributed by atoms with Crippen LogP contribution in [0, 0.1) is 11.3 Å². The number of nitrogens with zero attached hydrogens (tertiary/aromatic N) is 3. The zero-order valence-electron chi connectivity index (χ0n) is 10.7. The molecule has 1 heterocycles. The van der Waals surface area contributed by atoms with Crippen molar-refractivity contribution in [3.63, 3.8) is 0 Å². The number of halogens is 1. The molecule has 2 rings (SSSR count). The van der Waals surface area contributed by atoms with Gasteiger partial charge in [-0.3, -0.25) is 0 Å². The van der Waals surface area contributed by atoms with E-state index in [0.29, 0.717) is 16.8 Å². The molecule has 0 bridgehead atoms. The van der Waals surface area contributed by atoms with Gasteiger partial charge in [-0.1, -0.05) is 30.9 Å². The monoisotopic (exact) mass is 263 g/mol. The van der Waals surface area contributed by atoms with E-state index in [4.69, 9.17) is 16.9 Å². The van der Waals surface area contributed by atoms with E-state index in [-0.39, 0.29) is 0 Å². The van der Waals surface area contributed by atoms with Gasteiger partial charge in [0.05, 0.1) is 11.6 Å². The quantitative estimate of drug-likeness (QED) is 0.780. The minimum Gasteiger partial charge on any atom is -0.354 e. The minimum atomic E-state index is 0.401. The van der Waals surface area contributed by atoms with Crippen molar-refractivity contribution in [3.05, 3.63) is 22.8 Å². The molecule has 3 nitrogen and oxygen atoms in total. The lowest BCUT2D eigenvalue weighted by atomic mass is 9.94. The van der Waals surface area contributed by atoms with Crippen LogP contribution < -0.4 is 4.90 Å². The molecule has 18 heavy (non-hydrogen) atoms. The Morgan fingerprint density at radius 1 is 1.39 bits per heavy atom. The second-order valence-electron chi connectivity index (χ2n) is 4.73. The Kier molecular flexibility index (Phi) is 4.43. The van der Waals surface area contributed by atoms with Crippen molar-refractivity contribution in [2.24, 2.45) is 0 Å². The molecule has 0 unspecified atom stereocenters. The van der Waals surface area contributed by atoms with Crippen LogP contribution in [0.1, 0.15) is 44.6 Å². The molecule has 0 aromatic carbocycles. The van der Waals surface area contributed by atoms with Gasteiger partial charge in [-0.2, -0.15) is 5.26 Å². The van der Waals surface area contributed by atoms with Crippen LogP contribution in [0.25, 0.3) is 0 Å². The number of aromatic nitrogens is 1. The minimum absolute atomic E-state index is 0.401. The fraction of sp³-hybridized carbons (Fsp3) is 0.571. The summed E-state index contributed by atoms with van der Waals surface area (Å²) in [7, 11) is 0. The van der Waals surface area contributed by atoms with Crippen LogP contribution in [0.3, 0.4) is 0 Å². The van der Waals surface area contributed by atoms with Crippen LogP contribution in [0.5, 0.6) is 0 Å². The third-order valence-corrected chi connectivity index (χ3v) is 3.75. The maximum absolute atomic E-state index is 9.00. The zero-order chi connectivity index (χ0) is 13.0. The average molecular weight is 264 g/mol. The highest BCUT2D eigenvalue weighted by Crippen LogP contribution is 2.27. The SMILES string of the molecule is CCN(c1cc(C#N)cc(Cl)n1)C1CCCCC1. The third kappa shape index (κ3) is 2.94. The summed E-state index contributed by atoms with van der Waals surface area (Å²) in [4.78, 5) is 6.65. The molecule has 0 saturated heterocycles. The largest absolute Gasteiger partial charge is 0.354 e. The zero-order valence-corrected chi connectivity index (χ0v) is 11.5. The lowest BCUT2D eigenvalue weighted by molar-refractivity contribution is 0.416. The van der Waals surface area contributed by atoms with Crippen molar-refractivity contribution in [3.8, 4) is 6.07 Å². The van der Waals surface area contributed by atoms with Crippen molar-refractivity contribution < 1.29 is 0 Å². The second kappa shape index (κ2) is 6.06. The molecule has 1 aliphatic rings. The Bertz CT molecular complexity index is 447. The van der Waals surface area contributed by atoms with Crippen LogP contribution in [0.4, 0.5) is 5.82 Å². The maximum atomic E-state index is 9.00. The van der Waals surface area contributed by atoms with Gasteiger partial charge in [-0.15, -0.1) is 0 Å². The van der Waals surface area contributed by atoms with Gasteiger partial charge in [-0.05, 0) is 31.9 Å². The molecule has 4 heteroatoms. The molecule has 0 amide bonds. The van der Waals surface area contributed by atoms with Gasteiger partial charge in [0.1, 0.15) is 11.0 Å². The molecule has 0 radical (unpaired) electrons. The summed E-state index contributed by atoms with van der Waals surface area (Å²) < 4.78 is 0. The van der Waals surface area contributed by atoms with Gasteiger partial charge in [0.15, 0.2) is 0 Å². The number of rotatable bonds is 3. The molecule has 1 aromatic heterocycles. The van der Waals surface area contributed by atoms with Crippen LogP contribution in [0.2, 0.25) is 5.15 Å². The molecule has 1 fully saturated rings. The molecule has 0 aliphatic heterocycles. The van der Waals surface area contributed by atoms with Crippen molar-refractivity contribution >= 4 is 17.4 Å². The first-order chi connectivity index (χ1) is 8.74. The molecule has 0 N–H and O–H groups in total. The molecule has 96 valence electrons. The summed E-state index contributed by atoms with van der Waals surface area (Å²) in [5, 5.41) is 9.40. The van der Waals surface area contributed by atoms with E-state index >= 15 is 0 Å². The van der Waals surface area contributed by atoms with Crippen molar-refractivity contribution in [2.45, 2.75) is 45.1 Å². The standard InChI is InChI=1S/C14H18ClN3/c1-2-18(12-6-4-3-5-7-12)14-9-11(10-16)8-13(15)17-14/h8-9,12H,2-7H2,1H3. The van der Waals surface area contributed by atoms with Crippen LogP contribution in [-0.4, -0.2) is 17.6 Å². The van der Waals surface area contributed by atoms with E-state index in [2.05, 4.69) is 22.9 Å². The molecule has 1 saturated carbocycles. The molecule has 1 aromatic rings. The maximum Gasteiger partial charge on any atom is 0.132 e. The second-order valence-corrected chi connectivity index (χ2v) is 5.11. The highest BCUT2D eigenvalue weighted by molar-refractivity contribution is 6.29. The number of hydrogen-bond donors (Lipinski definition) is 0. The van der Waals surface area contributed by atoms with E-state index in [9.17, 15) is 0 Å². The lowest BCUT2D eigenvalue weighted by Crippen LogP contribution is -2.37. The van der Waals surface area contributed by atoms with Crippen LogP contribution >= 0.6 is 11.6 Å². The summed E-state index contributed by atoms with van der Waals surface area (Å²) in [6, 6.07) is 6.13. The molecule has 0 spiro atoms. The summed E-state index contributed by atoms with van der Waals surface area (Å²) >= 11 is 5.98. The van der Waals surface area contributed by atoms with Gasteiger partial charge in [0.2, 0.25) is 0 Å². The fourth-order valence-corrected chi connectivity index (χ4v) is 2.90. The molecular weight excluding hydrogens is 246 g/mol. The van der Waals surface area contributed by atoms with E-state index in [1.54, 1.807) is 6.07 Å². The van der Waals surface area contributed by atoms with Crippen LogP contribution in [0.15, 0.2) is 12.1 Å². The van der Waals surface area contributed by atoms with E-state index < -0.39 is 0 Å². The number of hydrogen-bond acceptors (Lipinski definition) is 3. The van der Waals surface area contributed by atoms with Crippen molar-refractivity contribution in [1.29, 1.82) is 5.26 Å². The smallest absolute Gasteiger partial charge is 0.132 e. The van der Waals surface area contributed by atoms with E-state index in [1.165, 1.54) is 32.1 Å². The van der Waals surface area contributed by atoms with Gasteiger partial charge in [-0.25, -0.2) is 4.98 Å². The molecule has 0 atom stereocenters. The van der Waals surface area contributed by atoms with Crippen molar-refractivity contribution in [1.82, 2.24) is 4.98 Å². The van der Waals surface area contributed by atoms with E-state index in [0.717, 1.165) is 12.4 Å². The first-order valence-corrected chi connectivity index (χ1v) is 6.96. The van der Waals surface area contributed by atoms with Crippen molar-refractivity contribution in [2.75, 3.05) is 11.4 Å². The summed E-state index contributed by atoms with van der Waals surface area (Å²) in [6.45, 7) is 3.03. The van der Waals surface area contributed by atoms with Gasteiger partial charge in [0.25, 0.3) is 0 Å². The lowest BCUT2D eigenvalue weighted by Gasteiger charge is -2.34. The topological polar surface area (TPSA) is 39.9 Å². The molecular formula is C14H18ClN3. The Labute approximate surface area is 113 Å². The number of nitriles is 1. The fourth-order valence-electron chi connectivity index (χ4n) is 2.69. The first-order valence-electron chi connectivity index (χ1n) is 6.59. The van der Waals surface area contributed by atoms with Gasteiger partial charge in [0, 0.05) is 12.6 Å². The number of pyridine rings is 1. The Hall–Kier alpha value is -1.27. The predicted molar refractivity (Wildman–Crippen MR) is 73.9 cm³/mol. The normalized spacial score (nSPS) is 16.3. The summed E-state index contributed by atoms with van der Waals surface area (Å²) in [6.07, 6.45) is 6.33. The summed E-state index contributed by atoms with van der Waals surface area (Å²) in [5.41, 5.74) is 0.583. The van der Waals surface area contributed by atoms with E-state index in [1.807, 2.05) is 6.07 Å². The summed E-state index contributed by atoms with van der Waals surface area (Å²) in [5.74, 6) is 0.841. The number of anilines is 1. The predicted octanol–water partition coefficient (Wildman–Crippen LogP) is 3.77. The average Bonchev–Trinajstić information content (AvgIpc) is 2.40. The first kappa shape index (κ1) is 13.2. The van der Waals surface area contributed by atoms with Crippen LogP contribution in [-0.2, 0) is 0 Å². The van der Waals surface area contributed by atoms with Gasteiger partial charge < -0.3 is 4.90 Å². The Morgan fingerprint density at radius 2 is 2.11 bits per heavy atom. The highest BCUT2D eigenvalue weighted by atomic mass is 35.5.